The number of nitrogens with zero attached hydrogens (tertiary/aromatic N) is 1. The van der Waals surface area contributed by atoms with Crippen molar-refractivity contribution in [3.05, 3.63) is 70.9 Å². The van der Waals surface area contributed by atoms with Gasteiger partial charge < -0.3 is 14.2 Å². The molecule has 4 atom stereocenters. The lowest BCUT2D eigenvalue weighted by molar-refractivity contribution is -0.151. The number of ether oxygens (including phenoxy) is 3. The molecule has 0 saturated heterocycles. The lowest BCUT2D eigenvalue weighted by Crippen LogP contribution is -2.39. The van der Waals surface area contributed by atoms with Crippen LogP contribution in [0.2, 0.25) is 0 Å². The van der Waals surface area contributed by atoms with Gasteiger partial charge in [0, 0.05) is 29.3 Å². The Morgan fingerprint density at radius 1 is 1.09 bits per heavy atom. The van der Waals surface area contributed by atoms with Crippen LogP contribution in [0.3, 0.4) is 0 Å². The van der Waals surface area contributed by atoms with Gasteiger partial charge in [-0.1, -0.05) is 43.3 Å². The summed E-state index contributed by atoms with van der Waals surface area (Å²) in [6, 6.07) is 15.7. The molecule has 0 saturated carbocycles. The van der Waals surface area contributed by atoms with Crippen molar-refractivity contribution in [2.75, 3.05) is 6.79 Å². The van der Waals surface area contributed by atoms with E-state index >= 15 is 0 Å². The quantitative estimate of drug-likeness (QED) is 0.565. The highest BCUT2D eigenvalue weighted by atomic mass is 16.7. The molecule has 1 aliphatic carbocycles. The molecule has 1 unspecified atom stereocenters. The van der Waals surface area contributed by atoms with Gasteiger partial charge in [0.05, 0.1) is 6.10 Å². The number of aliphatic imine (C=N–C) groups is 1. The van der Waals surface area contributed by atoms with Crippen LogP contribution in [0.5, 0.6) is 11.5 Å². The number of hydrogen-bond donors (Lipinski definition) is 0. The first-order valence-electron chi connectivity index (χ1n) is 11.9. The van der Waals surface area contributed by atoms with Crippen molar-refractivity contribution in [3.63, 3.8) is 0 Å². The Hall–Kier alpha value is -3.41. The zero-order valence-electron chi connectivity index (χ0n) is 19.7. The lowest BCUT2D eigenvalue weighted by atomic mass is 9.69. The van der Waals surface area contributed by atoms with Gasteiger partial charge in [-0.2, -0.15) is 0 Å². The average molecular weight is 460 g/mol. The Balaban J connectivity index is 1.58. The molecule has 5 rings (SSSR count). The van der Waals surface area contributed by atoms with E-state index in [1.54, 1.807) is 0 Å². The summed E-state index contributed by atoms with van der Waals surface area (Å²) in [6.45, 7) is 5.88. The molecule has 6 heteroatoms. The molecule has 176 valence electrons. The van der Waals surface area contributed by atoms with Gasteiger partial charge in [0.25, 0.3) is 0 Å². The monoisotopic (exact) mass is 459 g/mol. The zero-order chi connectivity index (χ0) is 23.8. The van der Waals surface area contributed by atoms with Crippen LogP contribution in [-0.2, 0) is 14.3 Å². The third-order valence-electron chi connectivity index (χ3n) is 7.06. The molecule has 6 nitrogen and oxygen atoms in total. The highest BCUT2D eigenvalue weighted by molar-refractivity contribution is 6.09. The summed E-state index contributed by atoms with van der Waals surface area (Å²) in [5.41, 5.74) is 4.05. The maximum Gasteiger partial charge on any atom is 0.315 e. The van der Waals surface area contributed by atoms with Crippen LogP contribution in [0, 0.1) is 5.92 Å². The Morgan fingerprint density at radius 3 is 2.62 bits per heavy atom. The van der Waals surface area contributed by atoms with Gasteiger partial charge >= 0.3 is 5.97 Å². The van der Waals surface area contributed by atoms with E-state index < -0.39 is 11.8 Å². The number of ketones is 1. The van der Waals surface area contributed by atoms with Gasteiger partial charge in [0.2, 0.25) is 6.79 Å². The lowest BCUT2D eigenvalue weighted by Gasteiger charge is -2.37. The van der Waals surface area contributed by atoms with Gasteiger partial charge in [-0.3, -0.25) is 14.6 Å². The third kappa shape index (κ3) is 4.02. The van der Waals surface area contributed by atoms with Crippen LogP contribution >= 0.6 is 0 Å². The van der Waals surface area contributed by atoms with Gasteiger partial charge in [0.1, 0.15) is 5.92 Å². The minimum Gasteiger partial charge on any atom is -0.462 e. The maximum absolute atomic E-state index is 13.6. The van der Waals surface area contributed by atoms with E-state index in [0.29, 0.717) is 35.6 Å². The SMILES string of the molecule is CC[C@H](C)OC(=O)C1C(C)=NC2=C(C(=O)C[C@H](c3ccccc3)C2)[C@@H]1c1ccc2c(c1)OCO2. The van der Waals surface area contributed by atoms with E-state index in [9.17, 15) is 9.59 Å². The van der Waals surface area contributed by atoms with Gasteiger partial charge in [0.15, 0.2) is 17.3 Å². The number of allylic oxidation sites excluding steroid dienone is 2. The van der Waals surface area contributed by atoms with Crippen LogP contribution in [0.4, 0.5) is 0 Å². The van der Waals surface area contributed by atoms with Gasteiger partial charge in [-0.05, 0) is 55.9 Å². The number of Topliss-reactive ketones (excluding diaryl/α,β-unsaturated/α-hetero) is 1. The van der Waals surface area contributed by atoms with Crippen LogP contribution in [0.15, 0.2) is 64.8 Å². The number of benzene rings is 2. The highest BCUT2D eigenvalue weighted by Gasteiger charge is 2.45. The zero-order valence-corrected chi connectivity index (χ0v) is 19.7. The normalized spacial score (nSPS) is 24.4. The molecule has 0 aromatic heterocycles. The second kappa shape index (κ2) is 9.09. The van der Waals surface area contributed by atoms with E-state index in [1.807, 2.05) is 57.2 Å². The van der Waals surface area contributed by atoms with E-state index in [2.05, 4.69) is 12.1 Å². The number of hydrogen-bond acceptors (Lipinski definition) is 6. The smallest absolute Gasteiger partial charge is 0.315 e. The fraction of sp³-hybridized carbons (Fsp3) is 0.393. The average Bonchev–Trinajstić information content (AvgIpc) is 3.31. The molecule has 0 fully saturated rings. The highest BCUT2D eigenvalue weighted by Crippen LogP contribution is 2.48. The summed E-state index contributed by atoms with van der Waals surface area (Å²) in [6.07, 6.45) is 1.56. The summed E-state index contributed by atoms with van der Waals surface area (Å²) >= 11 is 0. The Labute approximate surface area is 199 Å². The first kappa shape index (κ1) is 22.4. The summed E-state index contributed by atoms with van der Waals surface area (Å²) in [5.74, 6) is -0.0763. The fourth-order valence-electron chi connectivity index (χ4n) is 5.15. The molecule has 0 amide bonds. The molecule has 2 aromatic rings. The van der Waals surface area contributed by atoms with Crippen LogP contribution in [0.25, 0.3) is 0 Å². The standard InChI is InChI=1S/C28H29NO5/c1-4-16(2)34-28(31)25-17(3)29-21-12-20(18-8-6-5-7-9-18)13-22(30)27(21)26(25)19-10-11-23-24(14-19)33-15-32-23/h5-11,14,16,20,25-26H,4,12-13,15H2,1-3H3/t16-,20+,25?,26+/m0/s1. The summed E-state index contributed by atoms with van der Waals surface area (Å²) in [7, 11) is 0. The molecule has 34 heavy (non-hydrogen) atoms. The van der Waals surface area contributed by atoms with Crippen molar-refractivity contribution in [2.45, 2.75) is 58.0 Å². The molecular formula is C28H29NO5. The van der Waals surface area contributed by atoms with Gasteiger partial charge in [-0.15, -0.1) is 0 Å². The van der Waals surface area contributed by atoms with Crippen LogP contribution in [-0.4, -0.2) is 30.4 Å². The predicted molar refractivity (Wildman–Crippen MR) is 128 cm³/mol. The van der Waals surface area contributed by atoms with Crippen LogP contribution < -0.4 is 9.47 Å². The number of carbonyl (C=O) groups is 2. The molecule has 0 radical (unpaired) electrons. The molecule has 2 heterocycles. The Bertz CT molecular complexity index is 1180. The number of rotatable bonds is 5. The third-order valence-corrected chi connectivity index (χ3v) is 7.06. The summed E-state index contributed by atoms with van der Waals surface area (Å²) in [5, 5.41) is 0. The fourth-order valence-corrected chi connectivity index (χ4v) is 5.15. The topological polar surface area (TPSA) is 74.2 Å². The van der Waals surface area contributed by atoms with Crippen molar-refractivity contribution >= 4 is 17.5 Å². The summed E-state index contributed by atoms with van der Waals surface area (Å²) < 4.78 is 16.8. The minimum atomic E-state index is -0.662. The Kier molecular flexibility index (Phi) is 5.98. The van der Waals surface area contributed by atoms with E-state index in [0.717, 1.165) is 23.2 Å². The first-order valence-corrected chi connectivity index (χ1v) is 11.9. The van der Waals surface area contributed by atoms with E-state index in [4.69, 9.17) is 19.2 Å². The molecule has 2 aliphatic heterocycles. The molecule has 3 aliphatic rings. The predicted octanol–water partition coefficient (Wildman–Crippen LogP) is 5.33. The molecule has 2 aromatic carbocycles. The molecule has 0 N–H and O–H groups in total. The molecule has 0 bridgehead atoms. The number of esters is 1. The van der Waals surface area contributed by atoms with Gasteiger partial charge in [-0.25, -0.2) is 0 Å². The molecular weight excluding hydrogens is 430 g/mol. The number of carbonyl (C=O) groups excluding carboxylic acids is 2. The van der Waals surface area contributed by atoms with E-state index in [1.165, 1.54) is 0 Å². The Morgan fingerprint density at radius 2 is 1.85 bits per heavy atom. The van der Waals surface area contributed by atoms with Crippen molar-refractivity contribution in [2.24, 2.45) is 10.9 Å². The summed E-state index contributed by atoms with van der Waals surface area (Å²) in [4.78, 5) is 31.9. The van der Waals surface area contributed by atoms with Crippen LogP contribution in [0.1, 0.15) is 63.0 Å². The second-order valence-electron chi connectivity index (χ2n) is 9.28. The van der Waals surface area contributed by atoms with Crippen molar-refractivity contribution in [3.8, 4) is 11.5 Å². The van der Waals surface area contributed by atoms with Crippen molar-refractivity contribution in [1.29, 1.82) is 0 Å². The number of fused-ring (bicyclic) bond motifs is 1. The molecule has 0 spiro atoms. The second-order valence-corrected chi connectivity index (χ2v) is 9.28. The van der Waals surface area contributed by atoms with Crippen molar-refractivity contribution in [1.82, 2.24) is 0 Å². The minimum absolute atomic E-state index is 0.0374. The maximum atomic E-state index is 13.6. The first-order chi connectivity index (χ1) is 16.5. The largest absolute Gasteiger partial charge is 0.462 e. The van der Waals surface area contributed by atoms with E-state index in [-0.39, 0.29) is 30.6 Å². The van der Waals surface area contributed by atoms with Crippen molar-refractivity contribution < 1.29 is 23.8 Å².